The summed E-state index contributed by atoms with van der Waals surface area (Å²) in [6.45, 7) is 0. The number of thiophene rings is 1. The van der Waals surface area contributed by atoms with Gasteiger partial charge in [0.2, 0.25) is 0 Å². The Morgan fingerprint density at radius 1 is 0.311 bits per heavy atom. The van der Waals surface area contributed by atoms with Gasteiger partial charge in [0.1, 0.15) is 0 Å². The van der Waals surface area contributed by atoms with Crippen LogP contribution in [-0.4, -0.2) is 15.0 Å². The summed E-state index contributed by atoms with van der Waals surface area (Å²) in [5, 5.41) is 7.30. The van der Waals surface area contributed by atoms with E-state index in [-0.39, 0.29) is 0 Å². The lowest BCUT2D eigenvalue weighted by Crippen LogP contribution is -2.00. The average Bonchev–Trinajstić information content (AvgIpc) is 3.49. The van der Waals surface area contributed by atoms with Crippen LogP contribution >= 0.6 is 11.3 Å². The second-order valence-corrected chi connectivity index (χ2v) is 12.4. The Kier molecular flexibility index (Phi) is 6.00. The van der Waals surface area contributed by atoms with Crippen molar-refractivity contribution in [2.75, 3.05) is 0 Å². The molecule has 210 valence electrons. The van der Waals surface area contributed by atoms with Crippen LogP contribution in [0.15, 0.2) is 152 Å². The van der Waals surface area contributed by atoms with Crippen LogP contribution in [-0.2, 0) is 0 Å². The number of rotatable bonds is 4. The van der Waals surface area contributed by atoms with E-state index in [1.54, 1.807) is 0 Å². The van der Waals surface area contributed by atoms with Crippen molar-refractivity contribution in [1.29, 1.82) is 0 Å². The lowest BCUT2D eigenvalue weighted by atomic mass is 10.00. The molecule has 0 aliphatic heterocycles. The molecular weight excluding hydrogens is 567 g/mol. The minimum absolute atomic E-state index is 0.656. The summed E-state index contributed by atoms with van der Waals surface area (Å²) in [5.41, 5.74) is 5.23. The zero-order chi connectivity index (χ0) is 29.7. The van der Waals surface area contributed by atoms with Gasteiger partial charge in [-0.2, -0.15) is 0 Å². The minimum atomic E-state index is 0.656. The molecule has 0 spiro atoms. The molecule has 45 heavy (non-hydrogen) atoms. The first kappa shape index (κ1) is 25.8. The van der Waals surface area contributed by atoms with Crippen molar-refractivity contribution in [1.82, 2.24) is 15.0 Å². The van der Waals surface area contributed by atoms with Gasteiger partial charge in [-0.25, -0.2) is 15.0 Å². The molecule has 3 nitrogen and oxygen atoms in total. The summed E-state index contributed by atoms with van der Waals surface area (Å²) in [5.74, 6) is 1.98. The fraction of sp³-hybridized carbons (Fsp3) is 0. The smallest absolute Gasteiger partial charge is 0.164 e. The topological polar surface area (TPSA) is 38.7 Å². The summed E-state index contributed by atoms with van der Waals surface area (Å²) < 4.78 is 2.54. The first-order valence-electron chi connectivity index (χ1n) is 15.0. The second kappa shape index (κ2) is 10.5. The summed E-state index contributed by atoms with van der Waals surface area (Å²) >= 11 is 1.81. The zero-order valence-electron chi connectivity index (χ0n) is 24.2. The van der Waals surface area contributed by atoms with Crippen LogP contribution in [0.1, 0.15) is 0 Å². The van der Waals surface area contributed by atoms with E-state index in [2.05, 4.69) is 152 Å². The maximum Gasteiger partial charge on any atom is 0.164 e. The van der Waals surface area contributed by atoms with Crippen LogP contribution in [0.4, 0.5) is 0 Å². The molecule has 0 fully saturated rings. The molecule has 0 bridgehead atoms. The number of benzene rings is 7. The monoisotopic (exact) mass is 591 g/mol. The number of hydrogen-bond acceptors (Lipinski definition) is 4. The first-order chi connectivity index (χ1) is 22.2. The van der Waals surface area contributed by atoms with Crippen molar-refractivity contribution in [3.63, 3.8) is 0 Å². The summed E-state index contributed by atoms with van der Waals surface area (Å²) in [4.78, 5) is 15.1. The molecule has 0 saturated carbocycles. The van der Waals surface area contributed by atoms with E-state index in [0.29, 0.717) is 17.5 Å². The highest BCUT2D eigenvalue weighted by Gasteiger charge is 2.15. The molecule has 0 aliphatic rings. The SMILES string of the molecule is c1ccc2cc(-c3ccc(-c4nc(-c5ccc6ccccc6c5)nc(-c5ccc6sc7ccccc7c6c5)n4)cc3)ccc2c1. The molecule has 0 radical (unpaired) electrons. The minimum Gasteiger partial charge on any atom is -0.208 e. The first-order valence-corrected chi connectivity index (χ1v) is 15.8. The number of nitrogens with zero attached hydrogens (tertiary/aromatic N) is 3. The van der Waals surface area contributed by atoms with Gasteiger partial charge in [-0.05, 0) is 69.1 Å². The van der Waals surface area contributed by atoms with Crippen molar-refractivity contribution < 1.29 is 0 Å². The fourth-order valence-corrected chi connectivity index (χ4v) is 7.22. The predicted molar refractivity (Wildman–Crippen MR) is 189 cm³/mol. The van der Waals surface area contributed by atoms with Gasteiger partial charge in [-0.1, -0.05) is 115 Å². The lowest BCUT2D eigenvalue weighted by Gasteiger charge is -2.10. The van der Waals surface area contributed by atoms with Gasteiger partial charge in [0, 0.05) is 36.9 Å². The van der Waals surface area contributed by atoms with Crippen molar-refractivity contribution in [2.45, 2.75) is 0 Å². The third-order valence-electron chi connectivity index (χ3n) is 8.50. The highest BCUT2D eigenvalue weighted by atomic mass is 32.1. The van der Waals surface area contributed by atoms with E-state index in [4.69, 9.17) is 15.0 Å². The normalized spacial score (nSPS) is 11.6. The summed E-state index contributed by atoms with van der Waals surface area (Å²) in [7, 11) is 0. The molecule has 2 aromatic heterocycles. The molecule has 0 N–H and O–H groups in total. The summed E-state index contributed by atoms with van der Waals surface area (Å²) in [6, 6.07) is 53.5. The van der Waals surface area contributed by atoms with Gasteiger partial charge in [0.05, 0.1) is 0 Å². The van der Waals surface area contributed by atoms with Gasteiger partial charge in [-0.15, -0.1) is 11.3 Å². The number of hydrogen-bond donors (Lipinski definition) is 0. The Bertz CT molecular complexity index is 2550. The number of fused-ring (bicyclic) bond motifs is 5. The molecule has 7 aromatic carbocycles. The molecule has 4 heteroatoms. The molecule has 0 atom stereocenters. The Labute approximate surface area is 264 Å². The third-order valence-corrected chi connectivity index (χ3v) is 9.66. The van der Waals surface area contributed by atoms with Crippen LogP contribution in [0, 0.1) is 0 Å². The molecule has 0 amide bonds. The Morgan fingerprint density at radius 2 is 0.778 bits per heavy atom. The molecule has 0 aliphatic carbocycles. The average molecular weight is 592 g/mol. The van der Waals surface area contributed by atoms with Crippen LogP contribution in [0.25, 0.3) is 87.0 Å². The fourth-order valence-electron chi connectivity index (χ4n) is 6.14. The molecule has 2 heterocycles. The maximum absolute atomic E-state index is 5.06. The molecule has 9 rings (SSSR count). The third kappa shape index (κ3) is 4.64. The molecule has 0 unspecified atom stereocenters. The van der Waals surface area contributed by atoms with Crippen molar-refractivity contribution >= 4 is 53.1 Å². The van der Waals surface area contributed by atoms with E-state index >= 15 is 0 Å². The Hall–Kier alpha value is -5.71. The van der Waals surface area contributed by atoms with Gasteiger partial charge in [-0.3, -0.25) is 0 Å². The van der Waals surface area contributed by atoms with Crippen LogP contribution in [0.2, 0.25) is 0 Å². The summed E-state index contributed by atoms with van der Waals surface area (Å²) in [6.07, 6.45) is 0. The quantitative estimate of drug-likeness (QED) is 0.204. The van der Waals surface area contributed by atoms with Crippen LogP contribution in [0.5, 0.6) is 0 Å². The lowest BCUT2D eigenvalue weighted by molar-refractivity contribution is 1.08. The number of aromatic nitrogens is 3. The van der Waals surface area contributed by atoms with E-state index in [0.717, 1.165) is 27.6 Å². The zero-order valence-corrected chi connectivity index (χ0v) is 25.0. The van der Waals surface area contributed by atoms with Crippen LogP contribution < -0.4 is 0 Å². The van der Waals surface area contributed by atoms with Gasteiger partial charge in [0.15, 0.2) is 17.5 Å². The van der Waals surface area contributed by atoms with Gasteiger partial charge < -0.3 is 0 Å². The maximum atomic E-state index is 5.06. The largest absolute Gasteiger partial charge is 0.208 e. The van der Waals surface area contributed by atoms with Crippen LogP contribution in [0.3, 0.4) is 0 Å². The Morgan fingerprint density at radius 3 is 1.49 bits per heavy atom. The molecule has 0 saturated heterocycles. The van der Waals surface area contributed by atoms with E-state index in [1.807, 2.05) is 11.3 Å². The van der Waals surface area contributed by atoms with Gasteiger partial charge in [0.25, 0.3) is 0 Å². The van der Waals surface area contributed by atoms with Gasteiger partial charge >= 0.3 is 0 Å². The second-order valence-electron chi connectivity index (χ2n) is 11.3. The van der Waals surface area contributed by atoms with Crippen molar-refractivity contribution in [3.05, 3.63) is 152 Å². The molecular formula is C41H25N3S. The van der Waals surface area contributed by atoms with E-state index in [1.165, 1.54) is 41.9 Å². The predicted octanol–water partition coefficient (Wildman–Crippen LogP) is 11.2. The highest BCUT2D eigenvalue weighted by molar-refractivity contribution is 7.25. The van der Waals surface area contributed by atoms with E-state index < -0.39 is 0 Å². The molecule has 9 aromatic rings. The van der Waals surface area contributed by atoms with Crippen molar-refractivity contribution in [2.24, 2.45) is 0 Å². The highest BCUT2D eigenvalue weighted by Crippen LogP contribution is 2.36. The van der Waals surface area contributed by atoms with Crippen molar-refractivity contribution in [3.8, 4) is 45.3 Å². The standard InChI is InChI=1S/C41H25N3S/c1-3-9-30-23-32(19-15-26(30)7-1)28-13-17-29(18-14-28)39-42-40(33-20-16-27-8-2-4-10-31(27)24-33)44-41(43-39)34-21-22-38-36(25-34)35-11-5-6-12-37(35)45-38/h1-25H. The Balaban J connectivity index is 1.18. The van der Waals surface area contributed by atoms with E-state index in [9.17, 15) is 0 Å².